The molecule has 1 aromatic heterocycles. The number of para-hydroxylation sites is 1. The van der Waals surface area contributed by atoms with Crippen molar-refractivity contribution in [1.29, 1.82) is 0 Å². The highest BCUT2D eigenvalue weighted by Gasteiger charge is 2.30. The van der Waals surface area contributed by atoms with E-state index in [0.717, 1.165) is 42.8 Å². The molecule has 1 N–H and O–H groups in total. The van der Waals surface area contributed by atoms with Crippen LogP contribution in [0.25, 0.3) is 11.0 Å². The lowest BCUT2D eigenvalue weighted by Gasteiger charge is -2.31. The van der Waals surface area contributed by atoms with Crippen LogP contribution in [0.1, 0.15) is 35.7 Å². The molecule has 130 valence electrons. The Labute approximate surface area is 147 Å². The zero-order valence-electron chi connectivity index (χ0n) is 14.8. The molecule has 3 aromatic rings. The van der Waals surface area contributed by atoms with Crippen molar-refractivity contribution in [2.45, 2.75) is 25.7 Å². The number of piperidine rings is 1. The standard InChI is InChI=1S/C21H24FN3/c1-14-4-3-5-18-20(14)25(2)21(24-18)19(16-10-12-23-13-11-16)15-6-8-17(22)9-7-15/h3-9,16,19,23H,10-13H2,1-2H3. The van der Waals surface area contributed by atoms with E-state index in [2.05, 4.69) is 42.1 Å². The number of halogens is 1. The summed E-state index contributed by atoms with van der Waals surface area (Å²) in [7, 11) is 2.11. The zero-order chi connectivity index (χ0) is 17.4. The highest BCUT2D eigenvalue weighted by molar-refractivity contribution is 5.79. The minimum absolute atomic E-state index is 0.186. The van der Waals surface area contributed by atoms with E-state index in [0.29, 0.717) is 5.92 Å². The van der Waals surface area contributed by atoms with Crippen molar-refractivity contribution in [2.75, 3.05) is 13.1 Å². The molecule has 1 atom stereocenters. The summed E-state index contributed by atoms with van der Waals surface area (Å²) >= 11 is 0. The van der Waals surface area contributed by atoms with E-state index in [1.807, 2.05) is 12.1 Å². The summed E-state index contributed by atoms with van der Waals surface area (Å²) in [5, 5.41) is 3.44. The quantitative estimate of drug-likeness (QED) is 0.778. The van der Waals surface area contributed by atoms with Crippen LogP contribution in [0, 0.1) is 18.7 Å². The molecule has 0 radical (unpaired) electrons. The minimum atomic E-state index is -0.186. The molecule has 25 heavy (non-hydrogen) atoms. The molecule has 1 aliphatic rings. The maximum Gasteiger partial charge on any atom is 0.123 e. The molecule has 0 saturated carbocycles. The van der Waals surface area contributed by atoms with Crippen LogP contribution in [0.3, 0.4) is 0 Å². The van der Waals surface area contributed by atoms with Crippen LogP contribution in [-0.2, 0) is 7.05 Å². The molecule has 0 amide bonds. The molecular formula is C21H24FN3. The second-order valence-corrected chi connectivity index (χ2v) is 7.09. The van der Waals surface area contributed by atoms with Gasteiger partial charge in [-0.25, -0.2) is 9.37 Å². The van der Waals surface area contributed by atoms with Crippen molar-refractivity contribution in [3.8, 4) is 0 Å². The lowest BCUT2D eigenvalue weighted by atomic mass is 9.80. The van der Waals surface area contributed by atoms with Gasteiger partial charge in [-0.3, -0.25) is 0 Å². The van der Waals surface area contributed by atoms with Gasteiger partial charge in [-0.15, -0.1) is 0 Å². The van der Waals surface area contributed by atoms with Crippen LogP contribution in [-0.4, -0.2) is 22.6 Å². The number of imidazole rings is 1. The predicted octanol–water partition coefficient (Wildman–Crippen LogP) is 4.15. The van der Waals surface area contributed by atoms with Gasteiger partial charge >= 0.3 is 0 Å². The van der Waals surface area contributed by atoms with Crippen LogP contribution in [0.5, 0.6) is 0 Å². The maximum absolute atomic E-state index is 13.5. The van der Waals surface area contributed by atoms with Crippen molar-refractivity contribution in [2.24, 2.45) is 13.0 Å². The van der Waals surface area contributed by atoms with Crippen molar-refractivity contribution in [1.82, 2.24) is 14.9 Å². The van der Waals surface area contributed by atoms with E-state index in [4.69, 9.17) is 4.98 Å². The van der Waals surface area contributed by atoms with E-state index >= 15 is 0 Å². The highest BCUT2D eigenvalue weighted by atomic mass is 19.1. The molecule has 1 unspecified atom stereocenters. The Morgan fingerprint density at radius 2 is 1.84 bits per heavy atom. The van der Waals surface area contributed by atoms with E-state index in [1.54, 1.807) is 12.1 Å². The van der Waals surface area contributed by atoms with Gasteiger partial charge < -0.3 is 9.88 Å². The third-order valence-electron chi connectivity index (χ3n) is 5.49. The van der Waals surface area contributed by atoms with Gasteiger partial charge in [0.15, 0.2) is 0 Å². The molecule has 4 heteroatoms. The number of nitrogens with zero attached hydrogens (tertiary/aromatic N) is 2. The Morgan fingerprint density at radius 1 is 1.12 bits per heavy atom. The van der Waals surface area contributed by atoms with Gasteiger partial charge in [0, 0.05) is 13.0 Å². The van der Waals surface area contributed by atoms with Gasteiger partial charge in [0.05, 0.1) is 11.0 Å². The molecule has 0 aliphatic carbocycles. The van der Waals surface area contributed by atoms with Gasteiger partial charge in [-0.05, 0) is 68.1 Å². The normalized spacial score (nSPS) is 17.1. The topological polar surface area (TPSA) is 29.9 Å². The van der Waals surface area contributed by atoms with Crippen molar-refractivity contribution in [3.05, 3.63) is 65.2 Å². The molecule has 1 aliphatic heterocycles. The molecule has 2 aromatic carbocycles. The second kappa shape index (κ2) is 6.60. The molecule has 1 fully saturated rings. The first-order valence-corrected chi connectivity index (χ1v) is 9.03. The Morgan fingerprint density at radius 3 is 2.52 bits per heavy atom. The Hall–Kier alpha value is -2.20. The fourth-order valence-electron chi connectivity index (χ4n) is 4.24. The number of hydrogen-bond donors (Lipinski definition) is 1. The summed E-state index contributed by atoms with van der Waals surface area (Å²) in [6.07, 6.45) is 2.23. The summed E-state index contributed by atoms with van der Waals surface area (Å²) < 4.78 is 15.7. The third kappa shape index (κ3) is 2.95. The molecular weight excluding hydrogens is 313 g/mol. The first kappa shape index (κ1) is 16.3. The largest absolute Gasteiger partial charge is 0.330 e. The highest BCUT2D eigenvalue weighted by Crippen LogP contribution is 2.37. The maximum atomic E-state index is 13.5. The summed E-state index contributed by atoms with van der Waals surface area (Å²) in [6.45, 7) is 4.20. The van der Waals surface area contributed by atoms with Gasteiger partial charge in [0.25, 0.3) is 0 Å². The van der Waals surface area contributed by atoms with Crippen LogP contribution >= 0.6 is 0 Å². The van der Waals surface area contributed by atoms with Crippen LogP contribution in [0.4, 0.5) is 4.39 Å². The average molecular weight is 337 g/mol. The van der Waals surface area contributed by atoms with Gasteiger partial charge in [0.2, 0.25) is 0 Å². The third-order valence-corrected chi connectivity index (χ3v) is 5.49. The van der Waals surface area contributed by atoms with Crippen LogP contribution in [0.15, 0.2) is 42.5 Å². The number of aromatic nitrogens is 2. The Bertz CT molecular complexity index is 876. The summed E-state index contributed by atoms with van der Waals surface area (Å²) in [6, 6.07) is 13.3. The average Bonchev–Trinajstić information content (AvgIpc) is 2.96. The van der Waals surface area contributed by atoms with Crippen molar-refractivity contribution in [3.63, 3.8) is 0 Å². The van der Waals surface area contributed by atoms with Crippen LogP contribution in [0.2, 0.25) is 0 Å². The number of nitrogens with one attached hydrogen (secondary N) is 1. The summed E-state index contributed by atoms with van der Waals surface area (Å²) in [5.74, 6) is 1.61. The van der Waals surface area contributed by atoms with Gasteiger partial charge in [0.1, 0.15) is 11.6 Å². The molecule has 1 saturated heterocycles. The SMILES string of the molecule is Cc1cccc2nc(C(c3ccc(F)cc3)C3CCNCC3)n(C)c12. The monoisotopic (exact) mass is 337 g/mol. The lowest BCUT2D eigenvalue weighted by molar-refractivity contribution is 0.332. The molecule has 4 rings (SSSR count). The number of aryl methyl sites for hydroxylation is 2. The lowest BCUT2D eigenvalue weighted by Crippen LogP contribution is -2.32. The Balaban J connectivity index is 1.87. The summed E-state index contributed by atoms with van der Waals surface area (Å²) in [5.41, 5.74) is 4.63. The minimum Gasteiger partial charge on any atom is -0.330 e. The molecule has 0 bridgehead atoms. The number of fused-ring (bicyclic) bond motifs is 1. The second-order valence-electron chi connectivity index (χ2n) is 7.09. The van der Waals surface area contributed by atoms with Gasteiger partial charge in [-0.1, -0.05) is 24.3 Å². The number of rotatable bonds is 3. The predicted molar refractivity (Wildman–Crippen MR) is 99.3 cm³/mol. The van der Waals surface area contributed by atoms with Crippen LogP contribution < -0.4 is 5.32 Å². The fourth-order valence-corrected chi connectivity index (χ4v) is 4.24. The zero-order valence-corrected chi connectivity index (χ0v) is 14.8. The van der Waals surface area contributed by atoms with Crippen molar-refractivity contribution < 1.29 is 4.39 Å². The summed E-state index contributed by atoms with van der Waals surface area (Å²) in [4.78, 5) is 5.00. The smallest absolute Gasteiger partial charge is 0.123 e. The molecule has 2 heterocycles. The first-order chi connectivity index (χ1) is 12.1. The number of hydrogen-bond acceptors (Lipinski definition) is 2. The Kier molecular flexibility index (Phi) is 4.30. The van der Waals surface area contributed by atoms with Crippen molar-refractivity contribution >= 4 is 11.0 Å². The van der Waals surface area contributed by atoms with E-state index in [9.17, 15) is 4.39 Å². The number of benzene rings is 2. The van der Waals surface area contributed by atoms with E-state index < -0.39 is 0 Å². The van der Waals surface area contributed by atoms with E-state index in [-0.39, 0.29) is 11.7 Å². The fraction of sp³-hybridized carbons (Fsp3) is 0.381. The first-order valence-electron chi connectivity index (χ1n) is 9.03. The molecule has 3 nitrogen and oxygen atoms in total. The van der Waals surface area contributed by atoms with Gasteiger partial charge in [-0.2, -0.15) is 0 Å². The molecule has 0 spiro atoms. The van der Waals surface area contributed by atoms with E-state index in [1.165, 1.54) is 11.1 Å².